The second-order valence-corrected chi connectivity index (χ2v) is 4.74. The average molecular weight is 247 g/mol. The molecule has 0 aliphatic carbocycles. The van der Waals surface area contributed by atoms with E-state index in [4.69, 9.17) is 4.74 Å². The van der Waals surface area contributed by atoms with Crippen LogP contribution in [0.15, 0.2) is 18.5 Å². The number of imidazole rings is 1. The normalized spacial score (nSPS) is 13.1. The third kappa shape index (κ3) is 2.40. The Morgan fingerprint density at radius 3 is 2.72 bits per heavy atom. The fourth-order valence-electron chi connectivity index (χ4n) is 2.24. The van der Waals surface area contributed by atoms with Crippen LogP contribution in [0.1, 0.15) is 17.2 Å². The number of methoxy groups -OCH3 is 1. The lowest BCUT2D eigenvalue weighted by Crippen LogP contribution is -2.25. The van der Waals surface area contributed by atoms with E-state index in [-0.39, 0.29) is 6.04 Å². The van der Waals surface area contributed by atoms with Crippen molar-refractivity contribution in [2.24, 2.45) is 0 Å². The summed E-state index contributed by atoms with van der Waals surface area (Å²) in [5.41, 5.74) is 4.81. The van der Waals surface area contributed by atoms with Crippen LogP contribution in [0.3, 0.4) is 0 Å². The number of aryl methyl sites for hydroxylation is 2. The molecule has 0 amide bonds. The number of ether oxygens (including phenoxy) is 1. The molecular formula is C14H21N3O. The van der Waals surface area contributed by atoms with Crippen LogP contribution in [0.4, 0.5) is 0 Å². The molecule has 2 rings (SSSR count). The summed E-state index contributed by atoms with van der Waals surface area (Å²) in [6, 6.07) is 4.62. The summed E-state index contributed by atoms with van der Waals surface area (Å²) >= 11 is 0. The van der Waals surface area contributed by atoms with E-state index >= 15 is 0 Å². The molecule has 0 aliphatic rings. The Morgan fingerprint density at radius 2 is 2.06 bits per heavy atom. The van der Waals surface area contributed by atoms with E-state index in [0.717, 1.165) is 12.1 Å². The van der Waals surface area contributed by atoms with E-state index in [0.29, 0.717) is 6.61 Å². The molecule has 1 atom stereocenters. The minimum absolute atomic E-state index is 0.270. The van der Waals surface area contributed by atoms with Gasteiger partial charge in [-0.25, -0.2) is 4.98 Å². The third-order valence-electron chi connectivity index (χ3n) is 3.38. The molecule has 1 aromatic heterocycles. The molecule has 1 N–H and O–H groups in total. The second-order valence-electron chi connectivity index (χ2n) is 4.74. The lowest BCUT2D eigenvalue weighted by Gasteiger charge is -2.18. The number of benzene rings is 1. The van der Waals surface area contributed by atoms with Gasteiger partial charge < -0.3 is 14.6 Å². The molecule has 18 heavy (non-hydrogen) atoms. The minimum atomic E-state index is 0.270. The number of nitrogens with zero attached hydrogens (tertiary/aromatic N) is 2. The first kappa shape index (κ1) is 13.1. The zero-order valence-corrected chi connectivity index (χ0v) is 11.5. The lowest BCUT2D eigenvalue weighted by atomic mass is 10.1. The number of nitrogens with one attached hydrogen (secondary N) is 1. The number of likely N-dealkylation sites (N-methyl/N-ethyl adjacent to an activating group) is 1. The van der Waals surface area contributed by atoms with E-state index in [1.807, 2.05) is 13.4 Å². The summed E-state index contributed by atoms with van der Waals surface area (Å²) in [4.78, 5) is 4.49. The van der Waals surface area contributed by atoms with Crippen LogP contribution in [0.5, 0.6) is 0 Å². The first-order chi connectivity index (χ1) is 8.67. The maximum absolute atomic E-state index is 5.29. The number of aromatic nitrogens is 2. The molecule has 0 aliphatic heterocycles. The third-order valence-corrected chi connectivity index (χ3v) is 3.38. The van der Waals surface area contributed by atoms with Crippen LogP contribution in [-0.2, 0) is 4.74 Å². The largest absolute Gasteiger partial charge is 0.382 e. The van der Waals surface area contributed by atoms with Crippen LogP contribution < -0.4 is 5.32 Å². The monoisotopic (exact) mass is 247 g/mol. The average Bonchev–Trinajstić information content (AvgIpc) is 2.72. The smallest absolute Gasteiger partial charge is 0.0962 e. The number of hydrogen-bond donors (Lipinski definition) is 1. The molecule has 1 unspecified atom stereocenters. The maximum atomic E-state index is 5.29. The van der Waals surface area contributed by atoms with E-state index in [1.54, 1.807) is 7.11 Å². The summed E-state index contributed by atoms with van der Waals surface area (Å²) in [5.74, 6) is 0. The van der Waals surface area contributed by atoms with Crippen molar-refractivity contribution >= 4 is 11.0 Å². The summed E-state index contributed by atoms with van der Waals surface area (Å²) in [5, 5.41) is 3.20. The van der Waals surface area contributed by atoms with Crippen molar-refractivity contribution in [3.63, 3.8) is 0 Å². The van der Waals surface area contributed by atoms with Gasteiger partial charge >= 0.3 is 0 Å². The van der Waals surface area contributed by atoms with Crippen molar-refractivity contribution in [1.29, 1.82) is 0 Å². The van der Waals surface area contributed by atoms with Crippen LogP contribution in [-0.4, -0.2) is 36.9 Å². The predicted molar refractivity (Wildman–Crippen MR) is 74.0 cm³/mol. The highest BCUT2D eigenvalue weighted by molar-refractivity contribution is 5.77. The molecule has 0 radical (unpaired) electrons. The van der Waals surface area contributed by atoms with Gasteiger partial charge in [-0.3, -0.25) is 0 Å². The molecule has 98 valence electrons. The van der Waals surface area contributed by atoms with Gasteiger partial charge in [0.05, 0.1) is 30.0 Å². The first-order valence-corrected chi connectivity index (χ1v) is 6.24. The molecule has 4 heteroatoms. The van der Waals surface area contributed by atoms with Crippen molar-refractivity contribution in [2.45, 2.75) is 19.9 Å². The van der Waals surface area contributed by atoms with Gasteiger partial charge in [0.25, 0.3) is 0 Å². The molecule has 0 fully saturated rings. The Labute approximate surface area is 108 Å². The topological polar surface area (TPSA) is 39.1 Å². The second kappa shape index (κ2) is 5.50. The van der Waals surface area contributed by atoms with E-state index in [9.17, 15) is 0 Å². The Balaban J connectivity index is 2.46. The molecule has 2 aromatic rings. The van der Waals surface area contributed by atoms with Gasteiger partial charge in [0, 0.05) is 13.7 Å². The van der Waals surface area contributed by atoms with Crippen molar-refractivity contribution in [3.8, 4) is 0 Å². The molecule has 4 nitrogen and oxygen atoms in total. The van der Waals surface area contributed by atoms with Crippen molar-refractivity contribution < 1.29 is 4.74 Å². The first-order valence-electron chi connectivity index (χ1n) is 6.24. The van der Waals surface area contributed by atoms with Gasteiger partial charge in [-0.05, 0) is 44.2 Å². The highest BCUT2D eigenvalue weighted by atomic mass is 16.5. The summed E-state index contributed by atoms with van der Waals surface area (Å²) in [6.45, 7) is 5.80. The number of rotatable bonds is 5. The lowest BCUT2D eigenvalue weighted by molar-refractivity contribution is 0.156. The van der Waals surface area contributed by atoms with Gasteiger partial charge in [-0.2, -0.15) is 0 Å². The zero-order chi connectivity index (χ0) is 13.1. The molecule has 0 spiro atoms. The maximum Gasteiger partial charge on any atom is 0.0962 e. The van der Waals surface area contributed by atoms with Crippen LogP contribution in [0.2, 0.25) is 0 Å². The van der Waals surface area contributed by atoms with E-state index < -0.39 is 0 Å². The summed E-state index contributed by atoms with van der Waals surface area (Å²) in [7, 11) is 3.69. The fraction of sp³-hybridized carbons (Fsp3) is 0.500. The standard InChI is InChI=1S/C14H21N3O/c1-10-5-13-14(6-11(10)2)17(9-16-13)12(7-15-3)8-18-4/h5-6,9,12,15H,7-8H2,1-4H3. The zero-order valence-electron chi connectivity index (χ0n) is 11.5. The van der Waals surface area contributed by atoms with Gasteiger partial charge in [-0.15, -0.1) is 0 Å². The molecule has 0 saturated carbocycles. The Morgan fingerprint density at radius 1 is 1.33 bits per heavy atom. The van der Waals surface area contributed by atoms with E-state index in [2.05, 4.69) is 40.8 Å². The minimum Gasteiger partial charge on any atom is -0.382 e. The van der Waals surface area contributed by atoms with Gasteiger partial charge in [0.2, 0.25) is 0 Å². The summed E-state index contributed by atoms with van der Waals surface area (Å²) < 4.78 is 7.49. The Hall–Kier alpha value is -1.39. The van der Waals surface area contributed by atoms with E-state index in [1.165, 1.54) is 16.6 Å². The Kier molecular flexibility index (Phi) is 3.99. The molecular weight excluding hydrogens is 226 g/mol. The molecule has 1 aromatic carbocycles. The van der Waals surface area contributed by atoms with Gasteiger partial charge in [0.15, 0.2) is 0 Å². The van der Waals surface area contributed by atoms with Gasteiger partial charge in [-0.1, -0.05) is 0 Å². The number of hydrogen-bond acceptors (Lipinski definition) is 3. The fourth-order valence-corrected chi connectivity index (χ4v) is 2.24. The highest BCUT2D eigenvalue weighted by Crippen LogP contribution is 2.21. The summed E-state index contributed by atoms with van der Waals surface area (Å²) in [6.07, 6.45) is 1.91. The SMILES string of the molecule is CNCC(COC)n1cnc2cc(C)c(C)cc21. The number of fused-ring (bicyclic) bond motifs is 1. The van der Waals surface area contributed by atoms with Crippen molar-refractivity contribution in [2.75, 3.05) is 27.3 Å². The van der Waals surface area contributed by atoms with Crippen molar-refractivity contribution in [1.82, 2.24) is 14.9 Å². The highest BCUT2D eigenvalue weighted by Gasteiger charge is 2.13. The Bertz CT molecular complexity index is 527. The molecule has 1 heterocycles. The molecule has 0 bridgehead atoms. The van der Waals surface area contributed by atoms with Crippen LogP contribution in [0, 0.1) is 13.8 Å². The van der Waals surface area contributed by atoms with Crippen molar-refractivity contribution in [3.05, 3.63) is 29.6 Å². The molecule has 0 saturated heterocycles. The predicted octanol–water partition coefficient (Wildman–Crippen LogP) is 2.06. The quantitative estimate of drug-likeness (QED) is 0.879. The van der Waals surface area contributed by atoms with Crippen LogP contribution in [0.25, 0.3) is 11.0 Å². The van der Waals surface area contributed by atoms with Gasteiger partial charge in [0.1, 0.15) is 0 Å². The van der Waals surface area contributed by atoms with Crippen LogP contribution >= 0.6 is 0 Å².